The Labute approximate surface area is 343 Å². The van der Waals surface area contributed by atoms with Crippen LogP contribution in [0.1, 0.15) is 47.8 Å². The van der Waals surface area contributed by atoms with E-state index < -0.39 is 64.7 Å². The maximum atomic E-state index is 14.0. The van der Waals surface area contributed by atoms with Crippen molar-refractivity contribution in [3.05, 3.63) is 92.8 Å². The number of sulfonamides is 1. The first kappa shape index (κ1) is 43.1. The third kappa shape index (κ3) is 10.0. The van der Waals surface area contributed by atoms with Gasteiger partial charge in [-0.25, -0.2) is 23.0 Å². The molecule has 0 unspecified atom stereocenters. The van der Waals surface area contributed by atoms with E-state index in [4.69, 9.17) is 23.9 Å². The van der Waals surface area contributed by atoms with Crippen molar-refractivity contribution in [1.82, 2.24) is 24.5 Å². The van der Waals surface area contributed by atoms with Crippen molar-refractivity contribution in [2.24, 2.45) is 0 Å². The molecule has 60 heavy (non-hydrogen) atoms. The van der Waals surface area contributed by atoms with Gasteiger partial charge in [0.25, 0.3) is 5.56 Å². The number of esters is 1. The second-order valence-electron chi connectivity index (χ2n) is 14.1. The Morgan fingerprint density at radius 3 is 2.43 bits per heavy atom. The molecule has 3 N–H and O–H groups in total. The van der Waals surface area contributed by atoms with Crippen LogP contribution in [0.2, 0.25) is 0 Å². The lowest BCUT2D eigenvalue weighted by Crippen LogP contribution is -2.41. The van der Waals surface area contributed by atoms with Crippen molar-refractivity contribution in [2.75, 3.05) is 44.4 Å². The number of aldehydes is 1. The highest BCUT2D eigenvalue weighted by Crippen LogP contribution is 2.39. The highest BCUT2D eigenvalue weighted by molar-refractivity contribution is 7.88. The van der Waals surface area contributed by atoms with Crippen molar-refractivity contribution in [3.63, 3.8) is 0 Å². The predicted molar refractivity (Wildman–Crippen MR) is 213 cm³/mol. The van der Waals surface area contributed by atoms with Crippen molar-refractivity contribution in [3.8, 4) is 11.4 Å². The molecule has 1 atom stereocenters. The molecule has 2 aliphatic heterocycles. The quantitative estimate of drug-likeness (QED) is 0.0682. The van der Waals surface area contributed by atoms with Crippen LogP contribution >= 0.6 is 0 Å². The molecule has 4 heterocycles. The minimum absolute atomic E-state index is 0.125. The average molecular weight is 847 g/mol. The summed E-state index contributed by atoms with van der Waals surface area (Å²) in [5.41, 5.74) is 3.77. The summed E-state index contributed by atoms with van der Waals surface area (Å²) in [6.45, 7) is 1.90. The summed E-state index contributed by atoms with van der Waals surface area (Å²) in [7, 11) is -3.51. The Morgan fingerprint density at radius 1 is 1.00 bits per heavy atom. The van der Waals surface area contributed by atoms with Crippen LogP contribution in [0.4, 0.5) is 10.5 Å². The number of nitrogens with one attached hydrogen (secondary N) is 3. The molecule has 0 spiro atoms. The van der Waals surface area contributed by atoms with Crippen LogP contribution < -0.4 is 21.5 Å². The Morgan fingerprint density at radius 2 is 1.72 bits per heavy atom. The lowest BCUT2D eigenvalue weighted by Gasteiger charge is -2.24. The number of benzene rings is 2. The molecular formula is C40H42N6O13S. The Kier molecular flexibility index (Phi) is 13.4. The summed E-state index contributed by atoms with van der Waals surface area (Å²) in [5.74, 6) is -2.69. The molecule has 0 fully saturated rings. The number of carbonyl (C=O) groups is 6. The Balaban J connectivity index is 1.10. The fourth-order valence-corrected chi connectivity index (χ4v) is 8.09. The fraction of sp³-hybridized carbons (Fsp3) is 0.350. The van der Waals surface area contributed by atoms with Gasteiger partial charge in [-0.1, -0.05) is 30.3 Å². The van der Waals surface area contributed by atoms with Crippen LogP contribution in [-0.2, 0) is 79.1 Å². The van der Waals surface area contributed by atoms with E-state index >= 15 is 0 Å². The number of pyridine rings is 2. The molecule has 2 aromatic carbocycles. The molecule has 4 aromatic rings. The van der Waals surface area contributed by atoms with Gasteiger partial charge in [-0.2, -0.15) is 4.31 Å². The predicted octanol–water partition coefficient (Wildman–Crippen LogP) is 1.48. The van der Waals surface area contributed by atoms with E-state index in [1.165, 1.54) is 27.3 Å². The van der Waals surface area contributed by atoms with E-state index in [0.29, 0.717) is 40.9 Å². The van der Waals surface area contributed by atoms with E-state index in [2.05, 4.69) is 16.0 Å². The molecule has 2 aliphatic rings. The zero-order valence-electron chi connectivity index (χ0n) is 32.8. The number of hydrogen-bond acceptors (Lipinski definition) is 14. The van der Waals surface area contributed by atoms with Crippen LogP contribution in [0, 0.1) is 0 Å². The van der Waals surface area contributed by atoms with Gasteiger partial charge in [-0.3, -0.25) is 19.2 Å². The molecule has 6 rings (SSSR count). The Hall–Kier alpha value is -6.51. The number of ether oxygens (including phenoxy) is 4. The van der Waals surface area contributed by atoms with Gasteiger partial charge in [0.1, 0.15) is 32.7 Å². The summed E-state index contributed by atoms with van der Waals surface area (Å²) < 4.78 is 48.8. The van der Waals surface area contributed by atoms with Gasteiger partial charge in [-0.15, -0.1) is 0 Å². The van der Waals surface area contributed by atoms with Gasteiger partial charge in [0.2, 0.25) is 33.8 Å². The maximum Gasteiger partial charge on any atom is 0.509 e. The number of para-hydroxylation sites is 1. The van der Waals surface area contributed by atoms with E-state index in [1.54, 1.807) is 32.0 Å². The summed E-state index contributed by atoms with van der Waals surface area (Å²) in [5, 5.41) is 8.04. The molecule has 20 heteroatoms. The highest BCUT2D eigenvalue weighted by Gasteiger charge is 2.38. The monoisotopic (exact) mass is 846 g/mol. The van der Waals surface area contributed by atoms with E-state index in [1.807, 2.05) is 24.3 Å². The van der Waals surface area contributed by atoms with Crippen molar-refractivity contribution < 1.29 is 56.1 Å². The standard InChI is InChI=1S/C40H42N6O13S/c1-23(2)46(60(3,54)55)13-12-26-27-6-4-5-7-31(27)44-36-29(26)19-45-32(36)16-28-30(38(45)51)21-57-39(52)37(28)59-40(53)58-20-24-8-10-25(11-9-24)43-34(49)18-41-33(48)17-42-35(50)22-56-15-14-47/h4-11,14,16,23,37H,12-13,15,17-22H2,1-3H3,(H,41,48)(H,42,50)(H,43,49)/t37-/m0/s1. The first-order valence-electron chi connectivity index (χ1n) is 18.7. The molecule has 0 aliphatic carbocycles. The van der Waals surface area contributed by atoms with Gasteiger partial charge >= 0.3 is 12.1 Å². The van der Waals surface area contributed by atoms with Crippen LogP contribution in [0.15, 0.2) is 59.4 Å². The van der Waals surface area contributed by atoms with Gasteiger partial charge in [0, 0.05) is 34.8 Å². The maximum absolute atomic E-state index is 14.0. The fourth-order valence-electron chi connectivity index (χ4n) is 6.91. The van der Waals surface area contributed by atoms with Crippen LogP contribution in [0.25, 0.3) is 22.3 Å². The molecule has 0 saturated heterocycles. The largest absolute Gasteiger partial charge is 0.509 e. The zero-order chi connectivity index (χ0) is 43.1. The van der Waals surface area contributed by atoms with Gasteiger partial charge < -0.3 is 44.3 Å². The molecule has 3 amide bonds. The second-order valence-corrected chi connectivity index (χ2v) is 16.1. The van der Waals surface area contributed by atoms with Crippen molar-refractivity contribution in [2.45, 2.75) is 52.2 Å². The molecule has 0 radical (unpaired) electrons. The molecule has 0 bridgehead atoms. The third-order valence-corrected chi connectivity index (χ3v) is 11.1. The Bertz CT molecular complexity index is 2520. The highest BCUT2D eigenvalue weighted by atomic mass is 32.2. The number of aromatic nitrogens is 2. The summed E-state index contributed by atoms with van der Waals surface area (Å²) >= 11 is 0. The number of rotatable bonds is 17. The topological polar surface area (TPSA) is 248 Å². The first-order valence-corrected chi connectivity index (χ1v) is 20.6. The number of carbonyl (C=O) groups excluding carboxylic acids is 6. The van der Waals surface area contributed by atoms with E-state index in [-0.39, 0.29) is 56.6 Å². The van der Waals surface area contributed by atoms with Crippen LogP contribution in [0.3, 0.4) is 0 Å². The zero-order valence-corrected chi connectivity index (χ0v) is 33.7. The smallest absolute Gasteiger partial charge is 0.458 e. The first-order chi connectivity index (χ1) is 28.6. The lowest BCUT2D eigenvalue weighted by atomic mass is 9.97. The molecule has 2 aromatic heterocycles. The van der Waals surface area contributed by atoms with E-state index in [0.717, 1.165) is 16.5 Å². The van der Waals surface area contributed by atoms with E-state index in [9.17, 15) is 42.0 Å². The number of amides is 3. The molecule has 316 valence electrons. The lowest BCUT2D eigenvalue weighted by molar-refractivity contribution is -0.159. The minimum Gasteiger partial charge on any atom is -0.458 e. The van der Waals surface area contributed by atoms with Gasteiger partial charge in [-0.05, 0) is 55.7 Å². The number of anilines is 1. The summed E-state index contributed by atoms with van der Waals surface area (Å²) in [4.78, 5) is 90.8. The summed E-state index contributed by atoms with van der Waals surface area (Å²) in [6.07, 6.45) is -0.827. The molecular weight excluding hydrogens is 805 g/mol. The SMILES string of the molecule is CC(C)N(CCc1c2c(nc3ccccc13)-c1cc3c(c(=O)n1C2)COC(=O)[C@H]3OC(=O)OCc1ccc(NC(=O)CNC(=O)CNC(=O)COCC=O)cc1)S(C)(=O)=O. The average Bonchev–Trinajstić information content (AvgIpc) is 3.57. The van der Waals surface area contributed by atoms with Gasteiger partial charge in [0.15, 0.2) is 0 Å². The number of cyclic esters (lactones) is 1. The number of nitrogens with zero attached hydrogens (tertiary/aromatic N) is 3. The minimum atomic E-state index is -3.51. The third-order valence-electron chi connectivity index (χ3n) is 9.66. The van der Waals surface area contributed by atoms with Crippen molar-refractivity contribution in [1.29, 1.82) is 0 Å². The molecule has 0 saturated carbocycles. The second kappa shape index (κ2) is 18.6. The number of fused-ring (bicyclic) bond motifs is 5. The molecule has 19 nitrogen and oxygen atoms in total. The number of hydrogen-bond donors (Lipinski definition) is 3. The van der Waals surface area contributed by atoms with Gasteiger partial charge in [0.05, 0.1) is 48.4 Å². The van der Waals surface area contributed by atoms with Crippen LogP contribution in [0.5, 0.6) is 0 Å². The normalized spacial score (nSPS) is 14.2. The summed E-state index contributed by atoms with van der Waals surface area (Å²) in [6, 6.07) is 14.9. The van der Waals surface area contributed by atoms with Crippen LogP contribution in [-0.4, -0.2) is 104 Å². The van der Waals surface area contributed by atoms with Crippen molar-refractivity contribution >= 4 is 62.7 Å².